The molecule has 0 spiro atoms. The fourth-order valence-corrected chi connectivity index (χ4v) is 2.27. The quantitative estimate of drug-likeness (QED) is 0.515. The van der Waals surface area contributed by atoms with Crippen LogP contribution < -0.4 is 24.8 Å². The van der Waals surface area contributed by atoms with Gasteiger partial charge < -0.3 is 24.8 Å². The van der Waals surface area contributed by atoms with Crippen LogP contribution in [0.25, 0.3) is 10.8 Å². The molecule has 0 heterocycles. The maximum Gasteiger partial charge on any atom is 4.00 e. The van der Waals surface area contributed by atoms with Gasteiger partial charge in [-0.25, -0.2) is 6.07 Å². The van der Waals surface area contributed by atoms with Crippen LogP contribution in [-0.2, 0) is 26.2 Å². The van der Waals surface area contributed by atoms with Crippen molar-refractivity contribution in [1.29, 1.82) is 0 Å². The summed E-state index contributed by atoms with van der Waals surface area (Å²) in [7, 11) is 0. The number of halogens is 2. The molecule has 3 heteroatoms. The molecule has 0 radical (unpaired) electrons. The molecule has 0 aliphatic carbocycles. The van der Waals surface area contributed by atoms with Crippen molar-refractivity contribution in [2.75, 3.05) is 0 Å². The van der Waals surface area contributed by atoms with Crippen molar-refractivity contribution in [1.82, 2.24) is 0 Å². The third kappa shape index (κ3) is 7.38. The van der Waals surface area contributed by atoms with Crippen LogP contribution in [0.3, 0.4) is 0 Å². The zero-order valence-corrected chi connectivity index (χ0v) is 18.2. The smallest absolute Gasteiger partial charge is 1.00 e. The number of rotatable bonds is 2. The molecule has 0 saturated carbocycles. The van der Waals surface area contributed by atoms with Gasteiger partial charge in [-0.3, -0.25) is 0 Å². The first kappa shape index (κ1) is 24.9. The summed E-state index contributed by atoms with van der Waals surface area (Å²) in [4.78, 5) is 0. The molecule has 3 rings (SSSR count). The molecule has 0 saturated heterocycles. The fraction of sp³-hybridized carbons (Fsp3) is 0.300. The summed E-state index contributed by atoms with van der Waals surface area (Å²) < 4.78 is 0. The molecule has 0 aliphatic rings. The minimum absolute atomic E-state index is 0. The minimum atomic E-state index is 0. The Morgan fingerprint density at radius 3 is 2.04 bits per heavy atom. The summed E-state index contributed by atoms with van der Waals surface area (Å²) >= 11 is 0. The molecule has 122 valence electrons. The summed E-state index contributed by atoms with van der Waals surface area (Å²) in [5.74, 6) is 1.34. The Labute approximate surface area is 172 Å². The third-order valence-corrected chi connectivity index (χ3v) is 3.68. The summed E-state index contributed by atoms with van der Waals surface area (Å²) in [6, 6.07) is 21.5. The first-order valence-electron chi connectivity index (χ1n) is 7.45. The van der Waals surface area contributed by atoms with E-state index in [-0.39, 0.29) is 51.0 Å². The van der Waals surface area contributed by atoms with Crippen LogP contribution in [0, 0.1) is 0 Å². The standard InChI is InChI=1S/C11H17.C9H7.2ClH.Zr/c1-8(2)10-5-6-11(7-10)9(3)4;1-2-5-9-7-3-6-8(9)4-1;;;/h5-9H,1-4H3;1-7H;2*1H;/q2*-1;;;+4/p-2. The fourth-order valence-electron chi connectivity index (χ4n) is 2.27. The molecule has 0 bridgehead atoms. The molecule has 3 aromatic rings. The van der Waals surface area contributed by atoms with Gasteiger partial charge in [0, 0.05) is 0 Å². The van der Waals surface area contributed by atoms with Gasteiger partial charge in [0.05, 0.1) is 0 Å². The third-order valence-electron chi connectivity index (χ3n) is 3.68. The normalized spacial score (nSPS) is 9.48. The molecule has 0 atom stereocenters. The second-order valence-electron chi connectivity index (χ2n) is 5.94. The van der Waals surface area contributed by atoms with Crippen molar-refractivity contribution >= 4 is 10.8 Å². The van der Waals surface area contributed by atoms with E-state index in [1.807, 2.05) is 0 Å². The van der Waals surface area contributed by atoms with Crippen LogP contribution in [0.1, 0.15) is 50.7 Å². The van der Waals surface area contributed by atoms with Crippen molar-refractivity contribution in [3.63, 3.8) is 0 Å². The molecule has 0 nitrogen and oxygen atoms in total. The SMILES string of the molecule is CC(C)c1cc[c-](C(C)C)c1.[Cl-].[Cl-].[Zr+4].c1ccc2[cH-]ccc2c1. The summed E-state index contributed by atoms with van der Waals surface area (Å²) in [5, 5.41) is 2.66. The van der Waals surface area contributed by atoms with Gasteiger partial charge in [0.2, 0.25) is 0 Å². The van der Waals surface area contributed by atoms with Crippen LogP contribution in [-0.4, -0.2) is 0 Å². The van der Waals surface area contributed by atoms with Gasteiger partial charge in [0.25, 0.3) is 0 Å². The maximum atomic E-state index is 2.31. The van der Waals surface area contributed by atoms with Gasteiger partial charge in [0.15, 0.2) is 0 Å². The van der Waals surface area contributed by atoms with E-state index in [0.717, 1.165) is 0 Å². The summed E-state index contributed by atoms with van der Waals surface area (Å²) in [6.45, 7) is 8.94. The van der Waals surface area contributed by atoms with E-state index in [1.54, 1.807) is 0 Å². The second-order valence-corrected chi connectivity index (χ2v) is 5.94. The van der Waals surface area contributed by atoms with Crippen molar-refractivity contribution < 1.29 is 51.0 Å². The topological polar surface area (TPSA) is 0 Å². The van der Waals surface area contributed by atoms with E-state index >= 15 is 0 Å². The number of hydrogen-bond donors (Lipinski definition) is 0. The number of fused-ring (bicyclic) bond motifs is 1. The van der Waals surface area contributed by atoms with Crippen LogP contribution in [0.2, 0.25) is 0 Å². The van der Waals surface area contributed by atoms with Gasteiger partial charge in [-0.1, -0.05) is 45.6 Å². The second kappa shape index (κ2) is 12.1. The van der Waals surface area contributed by atoms with Crippen LogP contribution in [0.15, 0.2) is 60.7 Å². The van der Waals surface area contributed by atoms with Crippen molar-refractivity contribution in [2.45, 2.75) is 39.5 Å². The zero-order valence-electron chi connectivity index (χ0n) is 14.2. The van der Waals surface area contributed by atoms with Gasteiger partial charge >= 0.3 is 26.2 Å². The molecule has 23 heavy (non-hydrogen) atoms. The minimum Gasteiger partial charge on any atom is -1.00 e. The van der Waals surface area contributed by atoms with E-state index in [2.05, 4.69) is 88.4 Å². The van der Waals surface area contributed by atoms with Gasteiger partial charge in [0.1, 0.15) is 0 Å². The first-order chi connectivity index (χ1) is 9.58. The van der Waals surface area contributed by atoms with Crippen molar-refractivity contribution in [3.8, 4) is 0 Å². The molecule has 0 aliphatic heterocycles. The molecular weight excluding hydrogens is 402 g/mol. The van der Waals surface area contributed by atoms with Crippen molar-refractivity contribution in [3.05, 3.63) is 71.8 Å². The van der Waals surface area contributed by atoms with E-state index in [9.17, 15) is 0 Å². The molecule has 0 fully saturated rings. The molecular formula is C20H24Cl2Zr. The molecule has 0 unspecified atom stereocenters. The Kier molecular flexibility index (Phi) is 13.1. The van der Waals surface area contributed by atoms with Crippen LogP contribution in [0.4, 0.5) is 0 Å². The Balaban J connectivity index is 0. The monoisotopic (exact) mass is 424 g/mol. The van der Waals surface area contributed by atoms with Gasteiger partial charge in [-0.05, 0) is 0 Å². The zero-order chi connectivity index (χ0) is 14.5. The number of benzene rings is 1. The predicted molar refractivity (Wildman–Crippen MR) is 89.8 cm³/mol. The Morgan fingerprint density at radius 1 is 0.913 bits per heavy atom. The van der Waals surface area contributed by atoms with Crippen LogP contribution >= 0.6 is 0 Å². The van der Waals surface area contributed by atoms with Crippen LogP contribution in [0.5, 0.6) is 0 Å². The largest absolute Gasteiger partial charge is 4.00 e. The van der Waals surface area contributed by atoms with E-state index in [4.69, 9.17) is 0 Å². The molecule has 0 N–H and O–H groups in total. The Bertz CT molecular complexity index is 598. The average Bonchev–Trinajstić information content (AvgIpc) is 3.08. The predicted octanol–water partition coefficient (Wildman–Crippen LogP) is 0.217. The van der Waals surface area contributed by atoms with E-state index in [1.165, 1.54) is 21.9 Å². The van der Waals surface area contributed by atoms with E-state index in [0.29, 0.717) is 11.8 Å². The Morgan fingerprint density at radius 2 is 1.57 bits per heavy atom. The average molecular weight is 427 g/mol. The summed E-state index contributed by atoms with van der Waals surface area (Å²) in [6.07, 6.45) is 0. The molecule has 3 aromatic carbocycles. The molecule has 0 amide bonds. The van der Waals surface area contributed by atoms with Crippen molar-refractivity contribution in [2.24, 2.45) is 0 Å². The summed E-state index contributed by atoms with van der Waals surface area (Å²) in [5.41, 5.74) is 2.93. The molecule has 0 aromatic heterocycles. The van der Waals surface area contributed by atoms with E-state index < -0.39 is 0 Å². The first-order valence-corrected chi connectivity index (χ1v) is 7.45. The van der Waals surface area contributed by atoms with Gasteiger partial charge in [-0.15, -0.1) is 29.7 Å². The number of hydrogen-bond acceptors (Lipinski definition) is 0. The Hall–Kier alpha value is -0.357. The van der Waals surface area contributed by atoms with Gasteiger partial charge in [-0.2, -0.15) is 40.8 Å². The maximum absolute atomic E-state index is 2.31.